The molecule has 8 heteroatoms. The Morgan fingerprint density at radius 2 is 1.89 bits per heavy atom. The minimum Gasteiger partial charge on any atom is -0.378 e. The number of rotatable bonds is 8. The standard InChI is InChI=1S/C29H38N4O3S/c1-17-13-26(37-4)24(28(34)31-17)14-30-29(35)27-19(3)33(25-8-6-5-7-23(25)27)18(2)20-9-11-21(12-10-20)32-22-15-36-16-22/h5-8,13,18,20-22,32H,9-12,14-16H2,1-4H3,(H,30,35)(H,31,34)/t18-,20?,21?/m1/s1. The quantitative estimate of drug-likeness (QED) is 0.373. The maximum atomic E-state index is 13.6. The molecule has 198 valence electrons. The van der Waals surface area contributed by atoms with Gasteiger partial charge in [0.25, 0.3) is 11.5 Å². The predicted octanol–water partition coefficient (Wildman–Crippen LogP) is 4.71. The normalized spacial score (nSPS) is 21.1. The molecule has 0 bridgehead atoms. The van der Waals surface area contributed by atoms with Gasteiger partial charge >= 0.3 is 0 Å². The molecule has 3 N–H and O–H groups in total. The van der Waals surface area contributed by atoms with Crippen molar-refractivity contribution in [1.29, 1.82) is 0 Å². The number of aromatic amines is 1. The monoisotopic (exact) mass is 522 g/mol. The summed E-state index contributed by atoms with van der Waals surface area (Å²) < 4.78 is 7.69. The molecule has 1 aromatic carbocycles. The maximum Gasteiger partial charge on any atom is 0.254 e. The van der Waals surface area contributed by atoms with Crippen molar-refractivity contribution in [3.05, 3.63) is 63.2 Å². The Bertz CT molecular complexity index is 1330. The van der Waals surface area contributed by atoms with Crippen LogP contribution in [0.4, 0.5) is 0 Å². The zero-order chi connectivity index (χ0) is 26.1. The summed E-state index contributed by atoms with van der Waals surface area (Å²) in [6.07, 6.45) is 6.66. The Hall–Kier alpha value is -2.55. The van der Waals surface area contributed by atoms with E-state index in [1.165, 1.54) is 37.4 Å². The van der Waals surface area contributed by atoms with Gasteiger partial charge in [-0.15, -0.1) is 11.8 Å². The van der Waals surface area contributed by atoms with Gasteiger partial charge in [0.1, 0.15) is 0 Å². The highest BCUT2D eigenvalue weighted by molar-refractivity contribution is 7.98. The van der Waals surface area contributed by atoms with Gasteiger partial charge < -0.3 is 24.9 Å². The first-order valence-corrected chi connectivity index (χ1v) is 14.6. The van der Waals surface area contributed by atoms with Crippen molar-refractivity contribution in [3.63, 3.8) is 0 Å². The van der Waals surface area contributed by atoms with Crippen molar-refractivity contribution in [2.45, 2.75) is 76.0 Å². The second-order valence-corrected chi connectivity index (χ2v) is 11.5. The highest BCUT2D eigenvalue weighted by Gasteiger charge is 2.31. The molecule has 1 aliphatic heterocycles. The molecular formula is C29H38N4O3S. The van der Waals surface area contributed by atoms with E-state index in [0.717, 1.165) is 40.4 Å². The van der Waals surface area contributed by atoms with Crippen LogP contribution < -0.4 is 16.2 Å². The number of nitrogens with zero attached hydrogens (tertiary/aromatic N) is 1. The molecule has 37 heavy (non-hydrogen) atoms. The summed E-state index contributed by atoms with van der Waals surface area (Å²) in [5.41, 5.74) is 4.06. The number of amides is 1. The highest BCUT2D eigenvalue weighted by Crippen LogP contribution is 2.38. The minimum atomic E-state index is -0.146. The number of aromatic nitrogens is 2. The molecule has 1 saturated heterocycles. The van der Waals surface area contributed by atoms with Gasteiger partial charge in [0.05, 0.1) is 24.8 Å². The van der Waals surface area contributed by atoms with Crippen molar-refractivity contribution in [2.75, 3.05) is 19.5 Å². The number of hydrogen-bond donors (Lipinski definition) is 3. The molecule has 1 aliphatic carbocycles. The predicted molar refractivity (Wildman–Crippen MR) is 150 cm³/mol. The molecule has 1 saturated carbocycles. The molecule has 5 rings (SSSR count). The largest absolute Gasteiger partial charge is 0.378 e. The summed E-state index contributed by atoms with van der Waals surface area (Å²) in [7, 11) is 0. The molecule has 2 aromatic heterocycles. The Balaban J connectivity index is 1.36. The van der Waals surface area contributed by atoms with Crippen LogP contribution in [-0.4, -0.2) is 47.0 Å². The first kappa shape index (κ1) is 26.1. The molecule has 0 spiro atoms. The zero-order valence-electron chi connectivity index (χ0n) is 22.2. The van der Waals surface area contributed by atoms with E-state index in [0.29, 0.717) is 35.2 Å². The summed E-state index contributed by atoms with van der Waals surface area (Å²) in [5, 5.41) is 7.76. The van der Waals surface area contributed by atoms with Crippen molar-refractivity contribution in [2.24, 2.45) is 5.92 Å². The molecule has 2 fully saturated rings. The summed E-state index contributed by atoms with van der Waals surface area (Å²) in [5.74, 6) is 0.429. The lowest BCUT2D eigenvalue weighted by atomic mass is 9.81. The number of carbonyl (C=O) groups is 1. The zero-order valence-corrected chi connectivity index (χ0v) is 23.0. The number of H-pyrrole nitrogens is 1. The van der Waals surface area contributed by atoms with Crippen molar-refractivity contribution >= 4 is 28.6 Å². The van der Waals surface area contributed by atoms with E-state index in [1.807, 2.05) is 37.4 Å². The first-order chi connectivity index (χ1) is 17.9. The van der Waals surface area contributed by atoms with Gasteiger partial charge in [0.2, 0.25) is 0 Å². The fourth-order valence-electron chi connectivity index (χ4n) is 6.14. The molecule has 0 radical (unpaired) electrons. The van der Waals surface area contributed by atoms with E-state index in [1.54, 1.807) is 0 Å². The van der Waals surface area contributed by atoms with Gasteiger partial charge in [-0.25, -0.2) is 0 Å². The van der Waals surface area contributed by atoms with Crippen LogP contribution in [0.3, 0.4) is 0 Å². The number of pyridine rings is 1. The summed E-state index contributed by atoms with van der Waals surface area (Å²) in [6.45, 7) is 8.10. The van der Waals surface area contributed by atoms with E-state index in [2.05, 4.69) is 40.1 Å². The van der Waals surface area contributed by atoms with Gasteiger partial charge in [0, 0.05) is 51.4 Å². The Morgan fingerprint density at radius 3 is 2.57 bits per heavy atom. The van der Waals surface area contributed by atoms with Crippen LogP contribution in [0, 0.1) is 19.8 Å². The number of fused-ring (bicyclic) bond motifs is 1. The highest BCUT2D eigenvalue weighted by atomic mass is 32.2. The SMILES string of the molecule is CSc1cc(C)[nH]c(=O)c1CNC(=O)c1c(C)n([C@H](C)C2CCC(NC3COC3)CC2)c2ccccc12. The summed E-state index contributed by atoms with van der Waals surface area (Å²) in [6, 6.07) is 11.6. The Morgan fingerprint density at radius 1 is 1.16 bits per heavy atom. The molecular weight excluding hydrogens is 484 g/mol. The number of nitrogens with one attached hydrogen (secondary N) is 3. The molecule has 0 unspecified atom stereocenters. The van der Waals surface area contributed by atoms with Crippen LogP contribution in [0.15, 0.2) is 40.0 Å². The lowest BCUT2D eigenvalue weighted by Crippen LogP contribution is -2.51. The third-order valence-corrected chi connectivity index (χ3v) is 9.03. The van der Waals surface area contributed by atoms with Crippen molar-refractivity contribution in [1.82, 2.24) is 20.2 Å². The van der Waals surface area contributed by atoms with Crippen LogP contribution in [0.5, 0.6) is 0 Å². The molecule has 7 nitrogen and oxygen atoms in total. The number of carbonyl (C=O) groups excluding carboxylic acids is 1. The third-order valence-electron chi connectivity index (χ3n) is 8.23. The van der Waals surface area contributed by atoms with E-state index in [9.17, 15) is 9.59 Å². The smallest absolute Gasteiger partial charge is 0.254 e. The van der Waals surface area contributed by atoms with Crippen LogP contribution in [0.25, 0.3) is 10.9 Å². The van der Waals surface area contributed by atoms with E-state index < -0.39 is 0 Å². The van der Waals surface area contributed by atoms with E-state index >= 15 is 0 Å². The van der Waals surface area contributed by atoms with Crippen LogP contribution in [0.2, 0.25) is 0 Å². The summed E-state index contributed by atoms with van der Waals surface area (Å²) >= 11 is 1.52. The van der Waals surface area contributed by atoms with Gasteiger partial charge in [-0.3, -0.25) is 9.59 Å². The topological polar surface area (TPSA) is 88.2 Å². The average molecular weight is 523 g/mol. The van der Waals surface area contributed by atoms with Gasteiger partial charge in [-0.05, 0) is 70.8 Å². The van der Waals surface area contributed by atoms with Crippen LogP contribution in [0.1, 0.15) is 66.0 Å². The number of hydrogen-bond acceptors (Lipinski definition) is 5. The van der Waals surface area contributed by atoms with Gasteiger partial charge in [-0.1, -0.05) is 18.2 Å². The second kappa shape index (κ2) is 11.1. The number of benzene rings is 1. The molecule has 2 aliphatic rings. The molecule has 1 amide bonds. The minimum absolute atomic E-state index is 0.137. The molecule has 3 heterocycles. The number of thioether (sulfide) groups is 1. The fraction of sp³-hybridized carbons (Fsp3) is 0.517. The van der Waals surface area contributed by atoms with E-state index in [4.69, 9.17) is 4.74 Å². The number of aryl methyl sites for hydroxylation is 1. The van der Waals surface area contributed by atoms with Crippen LogP contribution >= 0.6 is 11.8 Å². The Kier molecular flexibility index (Phi) is 7.79. The van der Waals surface area contributed by atoms with Gasteiger partial charge in [0.15, 0.2) is 0 Å². The fourth-order valence-corrected chi connectivity index (χ4v) is 6.85. The van der Waals surface area contributed by atoms with Gasteiger partial charge in [-0.2, -0.15) is 0 Å². The summed E-state index contributed by atoms with van der Waals surface area (Å²) in [4.78, 5) is 29.9. The average Bonchev–Trinajstić information content (AvgIpc) is 3.16. The van der Waals surface area contributed by atoms with Crippen LogP contribution in [-0.2, 0) is 11.3 Å². The number of para-hydroxylation sites is 1. The van der Waals surface area contributed by atoms with Crippen molar-refractivity contribution in [3.8, 4) is 0 Å². The lowest BCUT2D eigenvalue weighted by Gasteiger charge is -2.37. The van der Waals surface area contributed by atoms with Crippen molar-refractivity contribution < 1.29 is 9.53 Å². The molecule has 1 atom stereocenters. The lowest BCUT2D eigenvalue weighted by molar-refractivity contribution is -0.0130. The number of ether oxygens (including phenoxy) is 1. The second-order valence-electron chi connectivity index (χ2n) is 10.6. The third kappa shape index (κ3) is 5.24. The van der Waals surface area contributed by atoms with E-state index in [-0.39, 0.29) is 18.0 Å². The Labute approximate surface area is 222 Å². The molecule has 3 aromatic rings. The maximum absolute atomic E-state index is 13.6. The first-order valence-electron chi connectivity index (χ1n) is 13.4.